The smallest absolute Gasteiger partial charge is 0.255 e. The highest BCUT2D eigenvalue weighted by Gasteiger charge is 2.63. The van der Waals surface area contributed by atoms with Crippen molar-refractivity contribution in [2.75, 3.05) is 39.6 Å². The number of hydrogen-bond acceptors (Lipinski definition) is 10. The molecule has 5 rings (SSSR count). The van der Waals surface area contributed by atoms with Gasteiger partial charge in [-0.05, 0) is 82.8 Å². The molecule has 0 bridgehead atoms. The quantitative estimate of drug-likeness (QED) is 0.300. The van der Waals surface area contributed by atoms with Crippen molar-refractivity contribution in [2.45, 2.75) is 69.7 Å². The van der Waals surface area contributed by atoms with Crippen LogP contribution in [0.3, 0.4) is 0 Å². The molecule has 0 aromatic heterocycles. The number of aliphatic hydroxyl groups excluding tert-OH is 2. The Morgan fingerprint density at radius 2 is 1.76 bits per heavy atom. The summed E-state index contributed by atoms with van der Waals surface area (Å²) in [6.45, 7) is 5.78. The number of benzene rings is 1. The van der Waals surface area contributed by atoms with Crippen LogP contribution >= 0.6 is 0 Å². The third-order valence-corrected chi connectivity index (χ3v) is 10.2. The number of phenolic OH excluding ortho intramolecular Hbond substituents is 1. The van der Waals surface area contributed by atoms with Gasteiger partial charge in [0.2, 0.25) is 5.78 Å². The summed E-state index contributed by atoms with van der Waals surface area (Å²) in [5, 5.41) is 45.6. The molecule has 0 unspecified atom stereocenters. The number of carbonyl (C=O) groups is 3. The Bertz CT molecular complexity index is 1440. The maximum atomic E-state index is 14.1. The molecule has 4 atom stereocenters. The molecule has 0 spiro atoms. The first-order chi connectivity index (χ1) is 19.6. The predicted octanol–water partition coefficient (Wildman–Crippen LogP) is 1.95. The van der Waals surface area contributed by atoms with Gasteiger partial charge in [-0.3, -0.25) is 24.2 Å². The molecular formula is C31H42N4O7. The summed E-state index contributed by atoms with van der Waals surface area (Å²) in [5.74, 6) is -6.49. The Morgan fingerprint density at radius 1 is 1.12 bits per heavy atom. The fourth-order valence-corrected chi connectivity index (χ4v) is 7.95. The fraction of sp³-hybridized carbons (Fsp3) is 0.581. The highest BCUT2D eigenvalue weighted by atomic mass is 16.3. The number of likely N-dealkylation sites (N-methyl/N-ethyl adjacent to an activating group) is 1. The summed E-state index contributed by atoms with van der Waals surface area (Å²) in [6, 6.07) is 0.583. The number of allylic oxidation sites excluding steroid dienone is 1. The number of phenols is 1. The van der Waals surface area contributed by atoms with E-state index in [2.05, 4.69) is 18.7 Å². The van der Waals surface area contributed by atoms with Crippen LogP contribution in [0.25, 0.3) is 0 Å². The lowest BCUT2D eigenvalue weighted by Crippen LogP contribution is -2.63. The van der Waals surface area contributed by atoms with Crippen LogP contribution in [0.2, 0.25) is 0 Å². The minimum atomic E-state index is -2.65. The third kappa shape index (κ3) is 4.08. The number of Topliss-reactive ketones (excluding diaryl/α,β-unsaturated/α-hetero) is 2. The summed E-state index contributed by atoms with van der Waals surface area (Å²) in [6.07, 6.45) is 3.68. The molecule has 1 fully saturated rings. The van der Waals surface area contributed by atoms with Crippen molar-refractivity contribution in [2.24, 2.45) is 17.6 Å². The number of primary amides is 1. The van der Waals surface area contributed by atoms with E-state index < -0.39 is 58.0 Å². The first kappa shape index (κ1) is 30.1. The van der Waals surface area contributed by atoms with Gasteiger partial charge in [-0.2, -0.15) is 0 Å². The molecule has 4 aliphatic rings. The summed E-state index contributed by atoms with van der Waals surface area (Å²) < 4.78 is 0. The zero-order valence-electron chi connectivity index (χ0n) is 25.2. The first-order valence-electron chi connectivity index (χ1n) is 14.5. The van der Waals surface area contributed by atoms with Crippen molar-refractivity contribution < 1.29 is 34.8 Å². The van der Waals surface area contributed by atoms with Crippen LogP contribution < -0.4 is 10.6 Å². The number of fused-ring (bicyclic) bond motifs is 3. The maximum absolute atomic E-state index is 14.1. The van der Waals surface area contributed by atoms with E-state index in [1.54, 1.807) is 25.1 Å². The normalized spacial score (nSPS) is 28.5. The van der Waals surface area contributed by atoms with E-state index >= 15 is 0 Å². The summed E-state index contributed by atoms with van der Waals surface area (Å²) in [4.78, 5) is 45.6. The van der Waals surface area contributed by atoms with Gasteiger partial charge in [0, 0.05) is 43.4 Å². The van der Waals surface area contributed by atoms with Crippen LogP contribution in [0, 0.1) is 11.8 Å². The van der Waals surface area contributed by atoms with E-state index in [-0.39, 0.29) is 35.3 Å². The van der Waals surface area contributed by atoms with E-state index in [0.717, 1.165) is 30.6 Å². The molecule has 0 aliphatic heterocycles. The molecule has 6 N–H and O–H groups in total. The van der Waals surface area contributed by atoms with Crippen LogP contribution in [0.4, 0.5) is 5.69 Å². The van der Waals surface area contributed by atoms with Crippen LogP contribution in [-0.4, -0.2) is 99.6 Å². The zero-order chi connectivity index (χ0) is 31.0. The second-order valence-electron chi connectivity index (χ2n) is 13.0. The minimum absolute atomic E-state index is 0.0288. The average Bonchev–Trinajstić information content (AvgIpc) is 2.87. The van der Waals surface area contributed by atoms with E-state index in [1.807, 2.05) is 19.0 Å². The van der Waals surface area contributed by atoms with Gasteiger partial charge in [0.25, 0.3) is 5.91 Å². The van der Waals surface area contributed by atoms with E-state index in [1.165, 1.54) is 6.42 Å². The molecule has 228 valence electrons. The number of hydrogen-bond donors (Lipinski definition) is 5. The molecule has 0 radical (unpaired) electrons. The number of aliphatic hydroxyl groups is 3. The van der Waals surface area contributed by atoms with Gasteiger partial charge in [-0.25, -0.2) is 0 Å². The number of ketones is 2. The van der Waals surface area contributed by atoms with Crippen molar-refractivity contribution in [3.05, 3.63) is 45.4 Å². The second kappa shape index (κ2) is 10.1. The SMILES string of the molecule is CCN(Cc1cc(O)c2c(c1N(C)C)C[C@H]1C[C@H]3[C@H](N(C)C)C(O)=C(C(N)=O)C(=O)[C@@]3(O)C(O)=C1C2=O)C1(C)CCC1. The van der Waals surface area contributed by atoms with Crippen LogP contribution in [0.15, 0.2) is 28.7 Å². The molecule has 1 aromatic carbocycles. The predicted molar refractivity (Wildman–Crippen MR) is 156 cm³/mol. The molecular weight excluding hydrogens is 540 g/mol. The van der Waals surface area contributed by atoms with Crippen LogP contribution in [0.1, 0.15) is 61.0 Å². The molecule has 0 saturated heterocycles. The molecule has 1 amide bonds. The minimum Gasteiger partial charge on any atom is -0.510 e. The monoisotopic (exact) mass is 582 g/mol. The average molecular weight is 583 g/mol. The number of anilines is 1. The highest BCUT2D eigenvalue weighted by molar-refractivity contribution is 6.24. The van der Waals surface area contributed by atoms with Gasteiger partial charge in [-0.1, -0.05) is 6.92 Å². The Morgan fingerprint density at radius 3 is 2.26 bits per heavy atom. The van der Waals surface area contributed by atoms with Gasteiger partial charge >= 0.3 is 0 Å². The molecule has 1 saturated carbocycles. The van der Waals surface area contributed by atoms with Gasteiger partial charge in [-0.15, -0.1) is 0 Å². The molecule has 4 aliphatic carbocycles. The molecule has 0 heterocycles. The second-order valence-corrected chi connectivity index (χ2v) is 13.0. The number of nitrogens with two attached hydrogens (primary N) is 1. The van der Waals surface area contributed by atoms with Crippen molar-refractivity contribution in [3.8, 4) is 5.75 Å². The Balaban J connectivity index is 1.67. The van der Waals surface area contributed by atoms with E-state index in [4.69, 9.17) is 5.73 Å². The number of carbonyl (C=O) groups excluding carboxylic acids is 3. The van der Waals surface area contributed by atoms with Crippen molar-refractivity contribution in [3.63, 3.8) is 0 Å². The van der Waals surface area contributed by atoms with Gasteiger partial charge < -0.3 is 31.1 Å². The molecule has 11 heteroatoms. The maximum Gasteiger partial charge on any atom is 0.255 e. The van der Waals surface area contributed by atoms with Crippen LogP contribution in [-0.2, 0) is 22.6 Å². The number of aromatic hydroxyl groups is 1. The lowest BCUT2D eigenvalue weighted by molar-refractivity contribution is -0.148. The zero-order valence-corrected chi connectivity index (χ0v) is 25.2. The fourth-order valence-electron chi connectivity index (χ4n) is 7.95. The van der Waals surface area contributed by atoms with Gasteiger partial charge in [0.05, 0.1) is 11.6 Å². The van der Waals surface area contributed by atoms with Crippen molar-refractivity contribution in [1.82, 2.24) is 9.80 Å². The summed E-state index contributed by atoms with van der Waals surface area (Å²) in [7, 11) is 7.01. The van der Waals surface area contributed by atoms with E-state index in [9.17, 15) is 34.8 Å². The van der Waals surface area contributed by atoms with Crippen molar-refractivity contribution in [1.29, 1.82) is 0 Å². The van der Waals surface area contributed by atoms with Crippen molar-refractivity contribution >= 4 is 23.2 Å². The lowest BCUT2D eigenvalue weighted by Gasteiger charge is -2.50. The highest BCUT2D eigenvalue weighted by Crippen LogP contribution is 2.53. The summed E-state index contributed by atoms with van der Waals surface area (Å²) >= 11 is 0. The van der Waals surface area contributed by atoms with Crippen LogP contribution in [0.5, 0.6) is 5.75 Å². The number of rotatable bonds is 7. The third-order valence-electron chi connectivity index (χ3n) is 10.2. The Hall–Kier alpha value is -3.41. The van der Waals surface area contributed by atoms with E-state index in [0.29, 0.717) is 12.1 Å². The molecule has 1 aromatic rings. The van der Waals surface area contributed by atoms with Gasteiger partial charge in [0.1, 0.15) is 22.8 Å². The molecule has 11 nitrogen and oxygen atoms in total. The molecule has 42 heavy (non-hydrogen) atoms. The van der Waals surface area contributed by atoms with Gasteiger partial charge in [0.15, 0.2) is 11.4 Å². The Kier molecular flexibility index (Phi) is 7.23. The lowest BCUT2D eigenvalue weighted by atomic mass is 9.58. The first-order valence-corrected chi connectivity index (χ1v) is 14.5. The number of amides is 1. The topological polar surface area (TPSA) is 168 Å². The Labute approximate surface area is 245 Å². The number of nitrogens with zero attached hydrogens (tertiary/aromatic N) is 3. The largest absolute Gasteiger partial charge is 0.510 e. The standard InChI is InChI=1S/C31H42N4O7/c1-7-35(30(2)9-8-10-30)14-16-13-19(36)21-17(23(16)33(3)4)11-15-12-18-24(34(5)6)26(38)22(29(32)41)28(40)31(18,42)27(39)20(15)25(21)37/h13,15,18,24,36,38-39,42H,7-12,14H2,1-6H3,(H2,32,41)/t15-,18-,24-,31-/m0/s1. The summed E-state index contributed by atoms with van der Waals surface area (Å²) in [5.41, 5.74) is 4.24.